The summed E-state index contributed by atoms with van der Waals surface area (Å²) >= 11 is 0. The van der Waals surface area contributed by atoms with Crippen molar-refractivity contribution in [2.45, 2.75) is 39.5 Å². The second-order valence-electron chi connectivity index (χ2n) is 13.4. The SMILES string of the molecule is C=C(C)C(=O)OCCOc1nc(OCCOC(=O)C(=C)C)nc(Oc2cccc3ccccc23)n1.C=C(CCCO)C(=O)OCCCC(=C)C(=O)Oc1cccc2ccccc12. The van der Waals surface area contributed by atoms with Gasteiger partial charge in [0.2, 0.25) is 0 Å². The van der Waals surface area contributed by atoms with Crippen molar-refractivity contribution in [2.75, 3.05) is 39.6 Å². The zero-order valence-electron chi connectivity index (χ0n) is 34.8. The van der Waals surface area contributed by atoms with Crippen molar-refractivity contribution in [1.29, 1.82) is 0 Å². The first-order valence-electron chi connectivity index (χ1n) is 19.5. The smallest absolute Gasteiger partial charge is 0.338 e. The van der Waals surface area contributed by atoms with Crippen LogP contribution in [0.5, 0.6) is 29.5 Å². The van der Waals surface area contributed by atoms with Gasteiger partial charge in [-0.05, 0) is 62.4 Å². The first kappa shape index (κ1) is 47.3. The molecule has 15 nitrogen and oxygen atoms in total. The average molecular weight is 848 g/mol. The molecule has 0 radical (unpaired) electrons. The number of benzene rings is 4. The van der Waals surface area contributed by atoms with E-state index in [9.17, 15) is 19.2 Å². The quantitative estimate of drug-likeness (QED) is 0.0233. The van der Waals surface area contributed by atoms with Crippen LogP contribution < -0.4 is 18.9 Å². The number of nitrogens with zero attached hydrogens (tertiary/aromatic N) is 3. The monoisotopic (exact) mass is 847 g/mol. The molecule has 62 heavy (non-hydrogen) atoms. The standard InChI is InChI=1S/C25H25N3O7.C22H24O5/c1-16(2)21(29)31-12-14-33-23-26-24(34-15-13-32-22(30)17(3)4)28-25(27-23)35-20-11-7-9-18-8-5-6-10-19(18)20;1-16(8-6-14-23)21(24)26-15-7-9-17(2)22(25)27-20-13-5-11-18-10-3-4-12-19(18)20/h5-11H,1,3,12-15H2,2,4H3;3-5,10-13,23H,1-2,6-9,14-15H2. The summed E-state index contributed by atoms with van der Waals surface area (Å²) < 4.78 is 37.4. The predicted molar refractivity (Wildman–Crippen MR) is 231 cm³/mol. The van der Waals surface area contributed by atoms with Crippen LogP contribution in [0.1, 0.15) is 39.5 Å². The van der Waals surface area contributed by atoms with E-state index in [1.165, 1.54) is 0 Å². The summed E-state index contributed by atoms with van der Waals surface area (Å²) in [7, 11) is 0. The molecule has 324 valence electrons. The molecule has 0 saturated heterocycles. The molecule has 4 aromatic carbocycles. The number of aliphatic hydroxyl groups excluding tert-OH is 1. The van der Waals surface area contributed by atoms with E-state index in [4.69, 9.17) is 38.3 Å². The van der Waals surface area contributed by atoms with Crippen LogP contribution in [0.15, 0.2) is 134 Å². The topological polar surface area (TPSA) is 192 Å². The van der Waals surface area contributed by atoms with Crippen molar-refractivity contribution in [3.05, 3.63) is 134 Å². The summed E-state index contributed by atoms with van der Waals surface area (Å²) in [6.07, 6.45) is 1.70. The molecule has 0 amide bonds. The number of rotatable bonds is 22. The highest BCUT2D eigenvalue weighted by molar-refractivity contribution is 5.95. The maximum absolute atomic E-state index is 12.2. The Morgan fingerprint density at radius 1 is 0.516 bits per heavy atom. The van der Waals surface area contributed by atoms with Crippen LogP contribution >= 0.6 is 0 Å². The number of fused-ring (bicyclic) bond motifs is 2. The average Bonchev–Trinajstić information content (AvgIpc) is 3.27. The van der Waals surface area contributed by atoms with E-state index < -0.39 is 23.9 Å². The minimum absolute atomic E-state index is 0.00490. The molecule has 1 heterocycles. The minimum atomic E-state index is -0.530. The number of hydrogen-bond donors (Lipinski definition) is 1. The fraction of sp³-hybridized carbons (Fsp3) is 0.255. The Hall–Kier alpha value is -7.39. The molecule has 1 aromatic heterocycles. The maximum Gasteiger partial charge on any atom is 0.338 e. The molecule has 1 N–H and O–H groups in total. The molecular formula is C47H49N3O12. The van der Waals surface area contributed by atoms with Crippen LogP contribution in [0, 0.1) is 0 Å². The largest absolute Gasteiger partial charge is 0.462 e. The highest BCUT2D eigenvalue weighted by Gasteiger charge is 2.15. The molecule has 5 rings (SSSR count). The second-order valence-corrected chi connectivity index (χ2v) is 13.4. The molecule has 15 heteroatoms. The van der Waals surface area contributed by atoms with Crippen LogP contribution in [0.4, 0.5) is 0 Å². The number of hydrogen-bond acceptors (Lipinski definition) is 15. The number of ether oxygens (including phenoxy) is 7. The lowest BCUT2D eigenvalue weighted by molar-refractivity contribution is -0.140. The Morgan fingerprint density at radius 2 is 0.968 bits per heavy atom. The fourth-order valence-corrected chi connectivity index (χ4v) is 5.17. The summed E-state index contributed by atoms with van der Waals surface area (Å²) in [5, 5.41) is 12.4. The van der Waals surface area contributed by atoms with Gasteiger partial charge in [-0.3, -0.25) is 0 Å². The van der Waals surface area contributed by atoms with Crippen LogP contribution in [-0.2, 0) is 33.4 Å². The third-order valence-corrected chi connectivity index (χ3v) is 8.34. The highest BCUT2D eigenvalue weighted by atomic mass is 16.6. The van der Waals surface area contributed by atoms with Crippen molar-refractivity contribution >= 4 is 45.4 Å². The van der Waals surface area contributed by atoms with E-state index in [2.05, 4.69) is 41.3 Å². The van der Waals surface area contributed by atoms with E-state index in [0.29, 0.717) is 48.3 Å². The lowest BCUT2D eigenvalue weighted by atomic mass is 10.1. The second kappa shape index (κ2) is 24.6. The van der Waals surface area contributed by atoms with Crippen LogP contribution in [-0.4, -0.2) is 83.6 Å². The number of aromatic nitrogens is 3. The van der Waals surface area contributed by atoms with E-state index in [-0.39, 0.29) is 68.8 Å². The fourth-order valence-electron chi connectivity index (χ4n) is 5.17. The van der Waals surface area contributed by atoms with Crippen LogP contribution in [0.3, 0.4) is 0 Å². The first-order valence-corrected chi connectivity index (χ1v) is 19.5. The van der Waals surface area contributed by atoms with Crippen LogP contribution in [0.25, 0.3) is 21.5 Å². The Balaban J connectivity index is 0.000000282. The molecular weight excluding hydrogens is 799 g/mol. The molecule has 0 fully saturated rings. The van der Waals surface area contributed by atoms with Gasteiger partial charge in [-0.25, -0.2) is 19.2 Å². The molecule has 0 saturated carbocycles. The molecule has 0 spiro atoms. The molecule has 0 aliphatic heterocycles. The Bertz CT molecular complexity index is 2350. The number of carbonyl (C=O) groups excluding carboxylic acids is 4. The van der Waals surface area contributed by atoms with Crippen molar-refractivity contribution < 1.29 is 57.4 Å². The van der Waals surface area contributed by atoms with E-state index in [1.807, 2.05) is 72.8 Å². The van der Waals surface area contributed by atoms with Gasteiger partial charge < -0.3 is 38.3 Å². The third-order valence-electron chi connectivity index (χ3n) is 8.34. The van der Waals surface area contributed by atoms with E-state index in [1.54, 1.807) is 26.0 Å². The normalized spacial score (nSPS) is 10.4. The third kappa shape index (κ3) is 15.3. The van der Waals surface area contributed by atoms with Gasteiger partial charge in [0.1, 0.15) is 37.9 Å². The molecule has 0 bridgehead atoms. The molecule has 0 atom stereocenters. The zero-order valence-corrected chi connectivity index (χ0v) is 34.8. The van der Waals surface area contributed by atoms with Gasteiger partial charge in [0.25, 0.3) is 0 Å². The zero-order chi connectivity index (χ0) is 44.9. The van der Waals surface area contributed by atoms with Gasteiger partial charge in [0.05, 0.1) is 6.61 Å². The molecule has 5 aromatic rings. The summed E-state index contributed by atoms with van der Waals surface area (Å²) in [4.78, 5) is 59.3. The summed E-state index contributed by atoms with van der Waals surface area (Å²) in [6.45, 7) is 17.6. The number of esters is 4. The Labute approximate surface area is 359 Å². The summed E-state index contributed by atoms with van der Waals surface area (Å²) in [5.41, 5.74) is 1.20. The lowest BCUT2D eigenvalue weighted by Crippen LogP contribution is -2.15. The number of carbonyl (C=O) groups is 4. The Kier molecular flexibility index (Phi) is 18.8. The molecule has 0 unspecified atom stereocenters. The summed E-state index contributed by atoms with van der Waals surface area (Å²) in [5.74, 6) is -1.02. The predicted octanol–water partition coefficient (Wildman–Crippen LogP) is 7.77. The lowest BCUT2D eigenvalue weighted by Gasteiger charge is -2.11. The van der Waals surface area contributed by atoms with E-state index in [0.717, 1.165) is 21.5 Å². The first-order chi connectivity index (χ1) is 29.9. The molecule has 0 aliphatic rings. The van der Waals surface area contributed by atoms with Gasteiger partial charge >= 0.3 is 41.9 Å². The van der Waals surface area contributed by atoms with Crippen LogP contribution in [0.2, 0.25) is 0 Å². The van der Waals surface area contributed by atoms with E-state index >= 15 is 0 Å². The van der Waals surface area contributed by atoms with Crippen molar-refractivity contribution in [1.82, 2.24) is 15.0 Å². The highest BCUT2D eigenvalue weighted by Crippen LogP contribution is 2.30. The van der Waals surface area contributed by atoms with Crippen molar-refractivity contribution in [3.8, 4) is 29.5 Å². The van der Waals surface area contributed by atoms with Gasteiger partial charge in [-0.15, -0.1) is 15.0 Å². The maximum atomic E-state index is 12.2. The van der Waals surface area contributed by atoms with Gasteiger partial charge in [0.15, 0.2) is 0 Å². The van der Waals surface area contributed by atoms with Crippen molar-refractivity contribution in [3.63, 3.8) is 0 Å². The summed E-state index contributed by atoms with van der Waals surface area (Å²) in [6, 6.07) is 26.2. The Morgan fingerprint density at radius 3 is 1.52 bits per heavy atom. The van der Waals surface area contributed by atoms with Gasteiger partial charge in [-0.2, -0.15) is 0 Å². The van der Waals surface area contributed by atoms with Gasteiger partial charge in [0, 0.05) is 39.7 Å². The minimum Gasteiger partial charge on any atom is -0.462 e. The molecule has 0 aliphatic carbocycles. The van der Waals surface area contributed by atoms with Gasteiger partial charge in [-0.1, -0.05) is 99.1 Å². The van der Waals surface area contributed by atoms with Crippen molar-refractivity contribution in [2.24, 2.45) is 0 Å². The number of aliphatic hydroxyl groups is 1.